The fourth-order valence-corrected chi connectivity index (χ4v) is 3.28. The number of fused-ring (bicyclic) bond motifs is 1. The molecule has 0 atom stereocenters. The Bertz CT molecular complexity index is 796. The molecule has 5 heteroatoms. The molecular formula is C17H16N2O2S. The first-order chi connectivity index (χ1) is 10.7. The van der Waals surface area contributed by atoms with Crippen molar-refractivity contribution in [3.05, 3.63) is 53.8 Å². The van der Waals surface area contributed by atoms with Crippen LogP contribution in [-0.4, -0.2) is 28.4 Å². The molecule has 4 nitrogen and oxygen atoms in total. The van der Waals surface area contributed by atoms with E-state index >= 15 is 0 Å². The number of carbonyl (C=O) groups is 1. The number of nitrogens with one attached hydrogen (secondary N) is 1. The maximum Gasteiger partial charge on any atom is 0.257 e. The molecule has 0 aromatic heterocycles. The quantitative estimate of drug-likeness (QED) is 0.911. The Morgan fingerprint density at radius 2 is 2.05 bits per heavy atom. The van der Waals surface area contributed by atoms with E-state index in [9.17, 15) is 9.90 Å². The molecule has 0 bridgehead atoms. The van der Waals surface area contributed by atoms with E-state index in [1.807, 2.05) is 49.4 Å². The van der Waals surface area contributed by atoms with Crippen molar-refractivity contribution >= 4 is 39.2 Å². The number of thioether (sulfide) groups is 1. The summed E-state index contributed by atoms with van der Waals surface area (Å²) in [5.74, 6) is 0.207. The molecule has 2 aromatic carbocycles. The molecule has 2 aromatic rings. The zero-order valence-electron chi connectivity index (χ0n) is 12.2. The molecule has 1 aliphatic rings. The predicted molar refractivity (Wildman–Crippen MR) is 91.8 cm³/mol. The van der Waals surface area contributed by atoms with Crippen molar-refractivity contribution < 1.29 is 9.90 Å². The number of likely N-dealkylation sites (N-methyl/N-ethyl adjacent to an activating group) is 1. The van der Waals surface area contributed by atoms with E-state index < -0.39 is 0 Å². The van der Waals surface area contributed by atoms with Gasteiger partial charge in [0.05, 0.1) is 11.4 Å². The van der Waals surface area contributed by atoms with Crippen LogP contribution in [0.25, 0.3) is 10.8 Å². The molecule has 0 saturated carbocycles. The van der Waals surface area contributed by atoms with Crippen molar-refractivity contribution in [1.82, 2.24) is 5.32 Å². The largest absolute Gasteiger partial charge is 0.510 e. The lowest BCUT2D eigenvalue weighted by molar-refractivity contribution is -0.117. The second-order valence-corrected chi connectivity index (χ2v) is 5.88. The zero-order chi connectivity index (χ0) is 15.5. The van der Waals surface area contributed by atoms with E-state index in [4.69, 9.17) is 0 Å². The van der Waals surface area contributed by atoms with E-state index in [1.54, 1.807) is 0 Å². The molecule has 1 heterocycles. The topological polar surface area (TPSA) is 61.7 Å². The second-order valence-electron chi connectivity index (χ2n) is 4.92. The highest BCUT2D eigenvalue weighted by Crippen LogP contribution is 2.30. The van der Waals surface area contributed by atoms with Gasteiger partial charge >= 0.3 is 0 Å². The van der Waals surface area contributed by atoms with E-state index in [-0.39, 0.29) is 11.7 Å². The monoisotopic (exact) mass is 312 g/mol. The van der Waals surface area contributed by atoms with Crippen LogP contribution in [0.5, 0.6) is 0 Å². The van der Waals surface area contributed by atoms with Gasteiger partial charge in [-0.05, 0) is 29.8 Å². The summed E-state index contributed by atoms with van der Waals surface area (Å²) in [6.07, 6.45) is 0. The van der Waals surface area contributed by atoms with E-state index in [0.717, 1.165) is 16.5 Å². The Morgan fingerprint density at radius 3 is 2.82 bits per heavy atom. The zero-order valence-corrected chi connectivity index (χ0v) is 13.0. The fourth-order valence-electron chi connectivity index (χ4n) is 2.33. The third-order valence-electron chi connectivity index (χ3n) is 3.38. The maximum absolute atomic E-state index is 12.0. The van der Waals surface area contributed by atoms with Crippen LogP contribution >= 0.6 is 11.8 Å². The first kappa shape index (κ1) is 14.7. The first-order valence-electron chi connectivity index (χ1n) is 7.10. The number of amides is 1. The molecule has 1 amide bonds. The van der Waals surface area contributed by atoms with Gasteiger partial charge in [-0.2, -0.15) is 0 Å². The van der Waals surface area contributed by atoms with Crippen LogP contribution in [-0.2, 0) is 4.79 Å². The smallest absolute Gasteiger partial charge is 0.257 e. The molecule has 0 fully saturated rings. The van der Waals surface area contributed by atoms with Crippen LogP contribution < -0.4 is 5.32 Å². The summed E-state index contributed by atoms with van der Waals surface area (Å²) in [7, 11) is 0. The average molecular weight is 312 g/mol. The minimum Gasteiger partial charge on any atom is -0.510 e. The fraction of sp³-hybridized carbons (Fsp3) is 0.176. The predicted octanol–water partition coefficient (Wildman–Crippen LogP) is 3.56. The Morgan fingerprint density at radius 1 is 1.27 bits per heavy atom. The Kier molecular flexibility index (Phi) is 4.15. The summed E-state index contributed by atoms with van der Waals surface area (Å²) < 4.78 is 0. The van der Waals surface area contributed by atoms with Crippen LogP contribution in [0.1, 0.15) is 6.92 Å². The number of carbonyl (C=O) groups excluding carboxylic acids is 1. The number of aliphatic hydroxyl groups excluding tert-OH is 1. The minimum atomic E-state index is -0.274. The molecule has 0 saturated heterocycles. The molecule has 22 heavy (non-hydrogen) atoms. The molecule has 3 rings (SSSR count). The van der Waals surface area contributed by atoms with Gasteiger partial charge in [0, 0.05) is 6.54 Å². The summed E-state index contributed by atoms with van der Waals surface area (Å²) >= 11 is 1.38. The van der Waals surface area contributed by atoms with Gasteiger partial charge in [0.2, 0.25) is 0 Å². The lowest BCUT2D eigenvalue weighted by Crippen LogP contribution is -2.27. The van der Waals surface area contributed by atoms with Gasteiger partial charge in [0.15, 0.2) is 0 Å². The lowest BCUT2D eigenvalue weighted by Gasteiger charge is -2.05. The number of hydrogen-bond acceptors (Lipinski definition) is 4. The van der Waals surface area contributed by atoms with Crippen molar-refractivity contribution in [3.63, 3.8) is 0 Å². The highest BCUT2D eigenvalue weighted by Gasteiger charge is 2.27. The number of hydrogen-bond donors (Lipinski definition) is 2. The molecular weight excluding hydrogens is 296 g/mol. The van der Waals surface area contributed by atoms with Crippen molar-refractivity contribution in [1.29, 1.82) is 0 Å². The third kappa shape index (κ3) is 2.85. The normalized spacial score (nSPS) is 16.5. The number of aliphatic imine (C=N–C) groups is 1. The summed E-state index contributed by atoms with van der Waals surface area (Å²) in [4.78, 5) is 16.6. The average Bonchev–Trinajstić information content (AvgIpc) is 2.88. The van der Waals surface area contributed by atoms with Gasteiger partial charge in [-0.1, -0.05) is 42.1 Å². The molecule has 0 spiro atoms. The molecule has 2 N–H and O–H groups in total. The van der Waals surface area contributed by atoms with Crippen LogP contribution in [0.15, 0.2) is 58.8 Å². The Balaban J connectivity index is 1.97. The Hall–Kier alpha value is -2.27. The van der Waals surface area contributed by atoms with Crippen molar-refractivity contribution in [2.75, 3.05) is 12.3 Å². The molecule has 1 aliphatic heterocycles. The summed E-state index contributed by atoms with van der Waals surface area (Å²) in [6, 6.07) is 13.9. The first-order valence-corrected chi connectivity index (χ1v) is 8.08. The van der Waals surface area contributed by atoms with Crippen LogP contribution in [0.3, 0.4) is 0 Å². The SMILES string of the molecule is CCNC(=O)C1=C(O)CSC1=Nc1ccc2ccccc2c1. The van der Waals surface area contributed by atoms with Crippen molar-refractivity contribution in [2.45, 2.75) is 6.92 Å². The van der Waals surface area contributed by atoms with Gasteiger partial charge in [0.25, 0.3) is 5.91 Å². The third-order valence-corrected chi connectivity index (χ3v) is 4.36. The molecule has 0 aliphatic carbocycles. The van der Waals surface area contributed by atoms with Gasteiger partial charge < -0.3 is 10.4 Å². The number of benzene rings is 2. The highest BCUT2D eigenvalue weighted by molar-refractivity contribution is 8.15. The summed E-state index contributed by atoms with van der Waals surface area (Å²) in [5, 5.41) is 15.4. The van der Waals surface area contributed by atoms with Crippen molar-refractivity contribution in [2.24, 2.45) is 4.99 Å². The summed E-state index contributed by atoms with van der Waals surface area (Å²) in [5.41, 5.74) is 1.07. The maximum atomic E-state index is 12.0. The van der Waals surface area contributed by atoms with E-state index in [1.165, 1.54) is 11.8 Å². The number of nitrogens with zero attached hydrogens (tertiary/aromatic N) is 1. The minimum absolute atomic E-state index is 0.0930. The van der Waals surface area contributed by atoms with E-state index in [0.29, 0.717) is 22.9 Å². The molecule has 112 valence electrons. The number of rotatable bonds is 3. The Labute approximate surface area is 132 Å². The van der Waals surface area contributed by atoms with Crippen LogP contribution in [0.4, 0.5) is 5.69 Å². The van der Waals surface area contributed by atoms with Gasteiger partial charge in [-0.25, -0.2) is 4.99 Å². The van der Waals surface area contributed by atoms with Gasteiger partial charge in [-0.15, -0.1) is 0 Å². The highest BCUT2D eigenvalue weighted by atomic mass is 32.2. The van der Waals surface area contributed by atoms with Crippen molar-refractivity contribution in [3.8, 4) is 0 Å². The second kappa shape index (κ2) is 6.23. The van der Waals surface area contributed by atoms with Gasteiger partial charge in [0.1, 0.15) is 16.4 Å². The van der Waals surface area contributed by atoms with Crippen LogP contribution in [0.2, 0.25) is 0 Å². The standard InChI is InChI=1S/C17H16N2O2S/c1-2-18-16(21)15-14(20)10-22-17(15)19-13-8-7-11-5-3-4-6-12(11)9-13/h3-9,20H,2,10H2,1H3,(H,18,21). The molecule has 0 radical (unpaired) electrons. The lowest BCUT2D eigenvalue weighted by atomic mass is 10.1. The van der Waals surface area contributed by atoms with E-state index in [2.05, 4.69) is 10.3 Å². The van der Waals surface area contributed by atoms with Crippen LogP contribution in [0, 0.1) is 0 Å². The van der Waals surface area contributed by atoms with Gasteiger partial charge in [-0.3, -0.25) is 4.79 Å². The number of aliphatic hydroxyl groups is 1. The molecule has 0 unspecified atom stereocenters. The summed E-state index contributed by atoms with van der Waals surface area (Å²) in [6.45, 7) is 2.36.